The average molecular weight is 333 g/mol. The third kappa shape index (κ3) is 3.03. The van der Waals surface area contributed by atoms with Crippen molar-refractivity contribution < 1.29 is 0 Å². The number of anilines is 1. The summed E-state index contributed by atoms with van der Waals surface area (Å²) >= 11 is 9.10. The highest BCUT2D eigenvalue weighted by Crippen LogP contribution is 2.31. The van der Waals surface area contributed by atoms with Gasteiger partial charge in [-0.25, -0.2) is 0 Å². The van der Waals surface area contributed by atoms with E-state index in [1.54, 1.807) is 24.3 Å². The fraction of sp³-hybridized carbons (Fsp3) is 0. The zero-order valence-electron chi connectivity index (χ0n) is 9.20. The van der Waals surface area contributed by atoms with Gasteiger partial charge in [0.05, 0.1) is 16.3 Å². The number of hydrogen-bond acceptors (Lipinski definition) is 5. The number of rotatable bonds is 2. The Morgan fingerprint density at radius 1 is 1.11 bits per heavy atom. The summed E-state index contributed by atoms with van der Waals surface area (Å²) in [7, 11) is 0. The first-order valence-electron chi connectivity index (χ1n) is 4.68. The van der Waals surface area contributed by atoms with Crippen LogP contribution >= 0.6 is 27.5 Å². The van der Waals surface area contributed by atoms with E-state index in [4.69, 9.17) is 32.6 Å². The molecule has 0 heterocycles. The summed E-state index contributed by atoms with van der Waals surface area (Å²) in [5.74, 6) is 0. The first-order valence-corrected chi connectivity index (χ1v) is 5.85. The van der Waals surface area contributed by atoms with Crippen LogP contribution in [0.4, 0.5) is 5.69 Å². The van der Waals surface area contributed by atoms with Gasteiger partial charge in [0.2, 0.25) is 0 Å². The number of allylic oxidation sites excluding steroid dienone is 2. The van der Waals surface area contributed by atoms with Crippen LogP contribution in [0.1, 0.15) is 5.56 Å². The minimum atomic E-state index is -0.370. The van der Waals surface area contributed by atoms with Crippen LogP contribution in [0, 0.1) is 45.3 Å². The van der Waals surface area contributed by atoms with E-state index >= 15 is 0 Å². The highest BCUT2D eigenvalue weighted by atomic mass is 79.9. The van der Waals surface area contributed by atoms with Crippen LogP contribution in [0.2, 0.25) is 5.02 Å². The van der Waals surface area contributed by atoms with Crippen LogP contribution in [-0.2, 0) is 0 Å². The Hall–Kier alpha value is -2.51. The van der Waals surface area contributed by atoms with Crippen LogP contribution in [0.25, 0.3) is 0 Å². The maximum Gasteiger partial charge on any atom is 0.163 e. The summed E-state index contributed by atoms with van der Waals surface area (Å²) in [5, 5.41) is 38.1. The standard InChI is InChI=1S/C12H3BrClN5/c13-9-1-2-10(8(5-17)12(9)14)19-11(6-18)7(3-15)4-16/h1-2,19H. The van der Waals surface area contributed by atoms with Crippen molar-refractivity contribution in [3.05, 3.63) is 38.5 Å². The first-order chi connectivity index (χ1) is 9.08. The molecule has 7 heteroatoms. The lowest BCUT2D eigenvalue weighted by Gasteiger charge is -2.08. The van der Waals surface area contributed by atoms with E-state index in [0.29, 0.717) is 4.47 Å². The summed E-state index contributed by atoms with van der Waals surface area (Å²) in [6.45, 7) is 0. The predicted octanol–water partition coefficient (Wildman–Crippen LogP) is 3.21. The Balaban J connectivity index is 3.38. The number of nitrogens with one attached hydrogen (secondary N) is 1. The quantitative estimate of drug-likeness (QED) is 0.837. The maximum atomic E-state index is 9.04. The Kier molecular flexibility index (Phi) is 4.92. The molecule has 0 bridgehead atoms. The van der Waals surface area contributed by atoms with Gasteiger partial charge in [0.15, 0.2) is 5.57 Å². The molecule has 0 saturated heterocycles. The van der Waals surface area contributed by atoms with Crippen LogP contribution in [0.5, 0.6) is 0 Å². The Bertz CT molecular complexity index is 709. The average Bonchev–Trinajstić information content (AvgIpc) is 2.43. The molecule has 0 saturated carbocycles. The fourth-order valence-electron chi connectivity index (χ4n) is 1.18. The second-order valence-electron chi connectivity index (χ2n) is 3.11. The van der Waals surface area contributed by atoms with E-state index in [1.807, 2.05) is 6.07 Å². The van der Waals surface area contributed by atoms with Gasteiger partial charge in [0.25, 0.3) is 0 Å². The molecule has 0 radical (unpaired) electrons. The lowest BCUT2D eigenvalue weighted by atomic mass is 10.1. The molecular weight excluding hydrogens is 330 g/mol. The summed E-state index contributed by atoms with van der Waals surface area (Å²) in [5.41, 5.74) is -0.250. The Labute approximate surface area is 122 Å². The van der Waals surface area contributed by atoms with Gasteiger partial charge in [0.1, 0.15) is 30.0 Å². The number of nitriles is 4. The molecule has 90 valence electrons. The normalized spacial score (nSPS) is 8.32. The van der Waals surface area contributed by atoms with E-state index in [-0.39, 0.29) is 27.5 Å². The van der Waals surface area contributed by atoms with Crippen molar-refractivity contribution in [3.63, 3.8) is 0 Å². The highest BCUT2D eigenvalue weighted by Gasteiger charge is 2.13. The summed E-state index contributed by atoms with van der Waals surface area (Å²) in [6, 6.07) is 9.87. The van der Waals surface area contributed by atoms with E-state index in [9.17, 15) is 0 Å². The molecular formula is C12H3BrClN5. The lowest BCUT2D eigenvalue weighted by molar-refractivity contribution is 1.36. The first kappa shape index (κ1) is 14.6. The van der Waals surface area contributed by atoms with Gasteiger partial charge >= 0.3 is 0 Å². The largest absolute Gasteiger partial charge is 0.344 e. The third-order valence-electron chi connectivity index (χ3n) is 2.05. The van der Waals surface area contributed by atoms with E-state index in [0.717, 1.165) is 0 Å². The molecule has 0 aliphatic carbocycles. The van der Waals surface area contributed by atoms with Gasteiger partial charge in [-0.2, -0.15) is 21.0 Å². The molecule has 1 aromatic rings. The van der Waals surface area contributed by atoms with Crippen molar-refractivity contribution in [3.8, 4) is 24.3 Å². The summed E-state index contributed by atoms with van der Waals surface area (Å²) in [4.78, 5) is 0. The van der Waals surface area contributed by atoms with Crippen molar-refractivity contribution in [2.75, 3.05) is 5.32 Å². The minimum absolute atomic E-state index is 0.110. The zero-order chi connectivity index (χ0) is 14.4. The molecule has 1 aromatic carbocycles. The smallest absolute Gasteiger partial charge is 0.163 e. The van der Waals surface area contributed by atoms with Crippen molar-refractivity contribution in [1.82, 2.24) is 0 Å². The fourth-order valence-corrected chi connectivity index (χ4v) is 1.72. The number of halogens is 2. The molecule has 0 aliphatic rings. The van der Waals surface area contributed by atoms with Crippen molar-refractivity contribution >= 4 is 33.2 Å². The van der Waals surface area contributed by atoms with Gasteiger partial charge in [0, 0.05) is 4.47 Å². The van der Waals surface area contributed by atoms with Gasteiger partial charge in [-0.1, -0.05) is 11.6 Å². The Morgan fingerprint density at radius 3 is 2.21 bits per heavy atom. The summed E-state index contributed by atoms with van der Waals surface area (Å²) < 4.78 is 0.527. The molecule has 0 spiro atoms. The number of nitrogens with zero attached hydrogens (tertiary/aromatic N) is 4. The van der Waals surface area contributed by atoms with Gasteiger partial charge in [-0.15, -0.1) is 0 Å². The van der Waals surface area contributed by atoms with Crippen LogP contribution in [0.3, 0.4) is 0 Å². The molecule has 0 atom stereocenters. The molecule has 1 rings (SSSR count). The van der Waals surface area contributed by atoms with E-state index in [1.165, 1.54) is 6.07 Å². The molecule has 5 nitrogen and oxygen atoms in total. The molecule has 19 heavy (non-hydrogen) atoms. The van der Waals surface area contributed by atoms with Gasteiger partial charge < -0.3 is 5.32 Å². The van der Waals surface area contributed by atoms with Crippen LogP contribution in [0.15, 0.2) is 27.9 Å². The second-order valence-corrected chi connectivity index (χ2v) is 4.34. The SMILES string of the molecule is N#CC(C#N)=C(C#N)Nc1ccc(Br)c(Cl)c1C#N. The van der Waals surface area contributed by atoms with E-state index < -0.39 is 0 Å². The van der Waals surface area contributed by atoms with Gasteiger partial charge in [-0.05, 0) is 28.1 Å². The molecule has 0 fully saturated rings. The zero-order valence-corrected chi connectivity index (χ0v) is 11.5. The maximum absolute atomic E-state index is 9.04. The number of hydrogen-bond donors (Lipinski definition) is 1. The topological polar surface area (TPSA) is 107 Å². The lowest BCUT2D eigenvalue weighted by Crippen LogP contribution is -2.03. The van der Waals surface area contributed by atoms with Crippen LogP contribution in [-0.4, -0.2) is 0 Å². The van der Waals surface area contributed by atoms with Gasteiger partial charge in [-0.3, -0.25) is 0 Å². The molecule has 1 N–H and O–H groups in total. The predicted molar refractivity (Wildman–Crippen MR) is 71.4 cm³/mol. The third-order valence-corrected chi connectivity index (χ3v) is 3.33. The van der Waals surface area contributed by atoms with Crippen LogP contribution < -0.4 is 5.32 Å². The second kappa shape index (κ2) is 6.43. The Morgan fingerprint density at radius 2 is 1.74 bits per heavy atom. The molecule has 0 amide bonds. The molecule has 0 aliphatic heterocycles. The molecule has 0 unspecified atom stereocenters. The number of benzene rings is 1. The van der Waals surface area contributed by atoms with Crippen molar-refractivity contribution in [2.24, 2.45) is 0 Å². The van der Waals surface area contributed by atoms with Crippen molar-refractivity contribution in [2.45, 2.75) is 0 Å². The highest BCUT2D eigenvalue weighted by molar-refractivity contribution is 9.10. The minimum Gasteiger partial charge on any atom is -0.344 e. The van der Waals surface area contributed by atoms with E-state index in [2.05, 4.69) is 21.2 Å². The van der Waals surface area contributed by atoms with Crippen molar-refractivity contribution in [1.29, 1.82) is 21.0 Å². The summed E-state index contributed by atoms with van der Waals surface area (Å²) in [6.07, 6.45) is 0. The monoisotopic (exact) mass is 331 g/mol. The molecule has 0 aromatic heterocycles.